The van der Waals surface area contributed by atoms with Gasteiger partial charge in [0.05, 0.1) is 23.5 Å². The Morgan fingerprint density at radius 2 is 1.09 bits per heavy atom. The summed E-state index contributed by atoms with van der Waals surface area (Å²) in [5.41, 5.74) is 3.74. The minimum absolute atomic E-state index is 0.117. The van der Waals surface area contributed by atoms with E-state index in [-0.39, 0.29) is 11.8 Å². The highest BCUT2D eigenvalue weighted by Gasteiger charge is 2.14. The van der Waals surface area contributed by atoms with Gasteiger partial charge in [0.25, 0.3) is 11.8 Å². The van der Waals surface area contributed by atoms with E-state index in [4.69, 9.17) is 28.1 Å². The van der Waals surface area contributed by atoms with Crippen molar-refractivity contribution in [2.24, 2.45) is 0 Å². The number of aryl methyl sites for hydroxylation is 2. The Balaban J connectivity index is 0.000000197. The Hall–Kier alpha value is -6.35. The molecule has 6 rings (SSSR count). The molecule has 54 heavy (non-hydrogen) atoms. The number of aliphatic hydroxyl groups is 2. The molecule has 14 heteroatoms. The van der Waals surface area contributed by atoms with Crippen molar-refractivity contribution in [3.05, 3.63) is 168 Å². The number of hydrogen-bond donors (Lipinski definition) is 2. The molecule has 0 bridgehead atoms. The molecule has 6 aromatic rings. The highest BCUT2D eigenvalue weighted by atomic mass is 16.5. The van der Waals surface area contributed by atoms with E-state index in [1.165, 1.54) is 18.2 Å². The van der Waals surface area contributed by atoms with Gasteiger partial charge >= 0.3 is 0 Å². The summed E-state index contributed by atoms with van der Waals surface area (Å²) in [4.78, 5) is 12.3. The van der Waals surface area contributed by atoms with Gasteiger partial charge in [0.1, 0.15) is 25.4 Å². The maximum Gasteiger partial charge on any atom is 0.255 e. The first-order valence-electron chi connectivity index (χ1n) is 16.5. The fraction of sp³-hybridized carbons (Fsp3) is 0.225. The number of nitrogens with zero attached hydrogens (tertiary/aromatic N) is 5. The van der Waals surface area contributed by atoms with Gasteiger partial charge in [-0.3, -0.25) is 9.69 Å². The van der Waals surface area contributed by atoms with Crippen LogP contribution in [0.15, 0.2) is 141 Å². The molecule has 2 N–H and O–H groups in total. The van der Waals surface area contributed by atoms with Crippen molar-refractivity contribution in [3.8, 4) is 11.8 Å². The SMILES string of the molecule is C=C[C@@H](O)c1cc(C)no1.C=C[C@@H](O)c1cc(OCc2ccccc2)no1.C=C[C@@H](c1cc(C)no1)N(C)C.O=Cc1cc(OCc2ccccc2)no1. The number of carbonyl (C=O) groups is 1. The van der Waals surface area contributed by atoms with E-state index in [1.54, 1.807) is 19.1 Å². The molecule has 4 aromatic heterocycles. The van der Waals surface area contributed by atoms with Gasteiger partial charge in [0, 0.05) is 18.2 Å². The number of ether oxygens (including phenoxy) is 2. The van der Waals surface area contributed by atoms with Crippen LogP contribution in [0, 0.1) is 13.8 Å². The monoisotopic (exact) mass is 739 g/mol. The summed E-state index contributed by atoms with van der Waals surface area (Å²) in [5.74, 6) is 2.44. The predicted octanol–water partition coefficient (Wildman–Crippen LogP) is 7.51. The number of aldehydes is 1. The molecular formula is C40H45N5O9. The summed E-state index contributed by atoms with van der Waals surface area (Å²) < 4.78 is 30.2. The molecule has 0 aliphatic carbocycles. The maximum atomic E-state index is 10.3. The molecule has 2 aromatic carbocycles. The molecule has 0 aliphatic rings. The topological polar surface area (TPSA) is 183 Å². The summed E-state index contributed by atoms with van der Waals surface area (Å²) in [6, 6.07) is 26.1. The van der Waals surface area contributed by atoms with Crippen LogP contribution in [0.4, 0.5) is 0 Å². The van der Waals surface area contributed by atoms with E-state index < -0.39 is 12.2 Å². The van der Waals surface area contributed by atoms with Gasteiger partial charge in [-0.05, 0) is 49.4 Å². The lowest BCUT2D eigenvalue weighted by atomic mass is 10.2. The zero-order valence-corrected chi connectivity index (χ0v) is 30.6. The summed E-state index contributed by atoms with van der Waals surface area (Å²) in [5, 5.41) is 33.2. The lowest BCUT2D eigenvalue weighted by molar-refractivity contribution is 0.109. The van der Waals surface area contributed by atoms with Gasteiger partial charge in [-0.2, -0.15) is 0 Å². The van der Waals surface area contributed by atoms with Crippen LogP contribution >= 0.6 is 0 Å². The molecule has 0 aliphatic heterocycles. The first kappa shape index (κ1) is 42.1. The lowest BCUT2D eigenvalue weighted by Crippen LogP contribution is -2.16. The second-order valence-electron chi connectivity index (χ2n) is 11.5. The fourth-order valence-electron chi connectivity index (χ4n) is 4.20. The second-order valence-corrected chi connectivity index (χ2v) is 11.5. The Bertz CT molecular complexity index is 1960. The number of likely N-dealkylation sites (N-methyl/N-ethyl adjacent to an activating group) is 1. The van der Waals surface area contributed by atoms with E-state index in [1.807, 2.05) is 98.7 Å². The van der Waals surface area contributed by atoms with E-state index >= 15 is 0 Å². The number of rotatable bonds is 14. The summed E-state index contributed by atoms with van der Waals surface area (Å²) in [7, 11) is 3.95. The number of benzene rings is 2. The van der Waals surface area contributed by atoms with Crippen molar-refractivity contribution in [3.63, 3.8) is 0 Å². The molecular weight excluding hydrogens is 694 g/mol. The summed E-state index contributed by atoms with van der Waals surface area (Å²) in [6.45, 7) is 15.1. The van der Waals surface area contributed by atoms with Crippen molar-refractivity contribution in [2.75, 3.05) is 14.1 Å². The van der Waals surface area contributed by atoms with Gasteiger partial charge in [-0.15, -0.1) is 19.7 Å². The van der Waals surface area contributed by atoms with Gasteiger partial charge in [0.2, 0.25) is 5.76 Å². The van der Waals surface area contributed by atoms with E-state index in [9.17, 15) is 9.90 Å². The molecule has 0 amide bonds. The fourth-order valence-corrected chi connectivity index (χ4v) is 4.20. The van der Waals surface area contributed by atoms with Gasteiger partial charge < -0.3 is 37.8 Å². The largest absolute Gasteiger partial charge is 0.471 e. The molecule has 0 spiro atoms. The quantitative estimate of drug-likeness (QED) is 0.0826. The van der Waals surface area contributed by atoms with Gasteiger partial charge in [-0.1, -0.05) is 89.2 Å². The third kappa shape index (κ3) is 14.3. The van der Waals surface area contributed by atoms with Crippen LogP contribution in [-0.2, 0) is 13.2 Å². The molecule has 4 heterocycles. The maximum absolute atomic E-state index is 10.3. The molecule has 284 valence electrons. The molecule has 0 fully saturated rings. The number of aromatic nitrogens is 4. The number of hydrogen-bond acceptors (Lipinski definition) is 14. The smallest absolute Gasteiger partial charge is 0.255 e. The van der Waals surface area contributed by atoms with Crippen LogP contribution in [0.3, 0.4) is 0 Å². The van der Waals surface area contributed by atoms with Crippen LogP contribution in [0.1, 0.15) is 68.6 Å². The van der Waals surface area contributed by atoms with Crippen LogP contribution in [0.5, 0.6) is 11.8 Å². The van der Waals surface area contributed by atoms with Crippen molar-refractivity contribution in [1.29, 1.82) is 0 Å². The predicted molar refractivity (Wildman–Crippen MR) is 199 cm³/mol. The van der Waals surface area contributed by atoms with Crippen molar-refractivity contribution < 1.29 is 42.6 Å². The number of aliphatic hydroxyl groups excluding tert-OH is 2. The minimum atomic E-state index is -0.850. The Morgan fingerprint density at radius 1 is 0.648 bits per heavy atom. The van der Waals surface area contributed by atoms with E-state index in [2.05, 4.69) is 44.9 Å². The third-order valence-corrected chi connectivity index (χ3v) is 6.98. The first-order valence-corrected chi connectivity index (χ1v) is 16.5. The second kappa shape index (κ2) is 22.6. The van der Waals surface area contributed by atoms with Crippen LogP contribution in [0.2, 0.25) is 0 Å². The Morgan fingerprint density at radius 3 is 1.50 bits per heavy atom. The normalized spacial score (nSPS) is 11.9. The van der Waals surface area contributed by atoms with Crippen molar-refractivity contribution >= 4 is 6.29 Å². The van der Waals surface area contributed by atoms with Gasteiger partial charge in [0.15, 0.2) is 23.6 Å². The molecule has 0 unspecified atom stereocenters. The molecule has 0 saturated heterocycles. The zero-order chi connectivity index (χ0) is 39.3. The Kier molecular flexibility index (Phi) is 17.6. The minimum Gasteiger partial charge on any atom is -0.471 e. The van der Waals surface area contributed by atoms with Crippen molar-refractivity contribution in [2.45, 2.75) is 45.3 Å². The van der Waals surface area contributed by atoms with E-state index in [0.717, 1.165) is 28.3 Å². The first-order chi connectivity index (χ1) is 26.1. The van der Waals surface area contributed by atoms with E-state index in [0.29, 0.717) is 42.8 Å². The molecule has 0 saturated carbocycles. The van der Waals surface area contributed by atoms with Crippen LogP contribution in [0.25, 0.3) is 0 Å². The summed E-state index contributed by atoms with van der Waals surface area (Å²) >= 11 is 0. The molecule has 14 nitrogen and oxygen atoms in total. The van der Waals surface area contributed by atoms with Crippen LogP contribution in [-0.4, -0.2) is 56.1 Å². The zero-order valence-electron chi connectivity index (χ0n) is 30.6. The highest BCUT2D eigenvalue weighted by Crippen LogP contribution is 2.21. The van der Waals surface area contributed by atoms with Crippen molar-refractivity contribution in [1.82, 2.24) is 25.5 Å². The average Bonchev–Trinajstić information content (AvgIpc) is 4.03. The lowest BCUT2D eigenvalue weighted by Gasteiger charge is -2.16. The average molecular weight is 740 g/mol. The Labute approximate surface area is 313 Å². The molecule has 0 radical (unpaired) electrons. The standard InChI is InChI=1S/C13H13NO3.C11H9NO3.C9H14N2O.C7H9NO2/c1-2-11(15)12-8-13(14-17-12)16-9-10-6-4-3-5-7-10;13-7-10-6-11(12-15-10)14-8-9-4-2-1-3-5-9;1-5-8(11(3)4)9-6-7(2)10-12-9;1-3-6(9)7-4-5(2)8-10-7/h2-8,11,15H,1,9H2;1-7H,8H2;5-6,8H,1H2,2-4H3;3-4,6,9H,1H2,2H3/t11-;;8-;6-/m1.01/s1. The number of carbonyl (C=O) groups excluding carboxylic acids is 1. The highest BCUT2D eigenvalue weighted by molar-refractivity contribution is 5.70. The van der Waals surface area contributed by atoms with Crippen LogP contribution < -0.4 is 9.47 Å². The van der Waals surface area contributed by atoms with Gasteiger partial charge in [-0.25, -0.2) is 0 Å². The third-order valence-electron chi connectivity index (χ3n) is 6.98. The summed E-state index contributed by atoms with van der Waals surface area (Å²) in [6.07, 6.45) is 3.59. The molecule has 3 atom stereocenters.